The predicted molar refractivity (Wildman–Crippen MR) is 163 cm³/mol. The van der Waals surface area contributed by atoms with Gasteiger partial charge in [-0.3, -0.25) is 0 Å². The van der Waals surface area contributed by atoms with Gasteiger partial charge in [-0.05, 0) is 83.9 Å². The van der Waals surface area contributed by atoms with E-state index in [4.69, 9.17) is 18.9 Å². The van der Waals surface area contributed by atoms with Crippen molar-refractivity contribution in [1.29, 1.82) is 0 Å². The number of benzene rings is 3. The molecule has 0 amide bonds. The third-order valence-corrected chi connectivity index (χ3v) is 7.24. The molecular formula is C33H36N2O6S. The third kappa shape index (κ3) is 5.98. The fraction of sp³-hybridized carbons (Fsp3) is 0.364. The largest absolute Gasteiger partial charge is 0.487 e. The molecular weight excluding hydrogens is 552 g/mol. The molecule has 2 heterocycles. The Morgan fingerprint density at radius 2 is 1.43 bits per heavy atom. The number of cyclic esters (lactones) is 1. The van der Waals surface area contributed by atoms with Crippen molar-refractivity contribution in [2.24, 2.45) is 0 Å². The number of hydrogen-bond acceptors (Lipinski definition) is 9. The monoisotopic (exact) mass is 588 g/mol. The molecule has 1 atom stereocenters. The lowest BCUT2D eigenvalue weighted by Crippen LogP contribution is -2.29. The second kappa shape index (κ2) is 11.7. The van der Waals surface area contributed by atoms with Crippen molar-refractivity contribution in [1.82, 2.24) is 8.75 Å². The minimum Gasteiger partial charge on any atom is -0.487 e. The average Bonchev–Trinajstić information content (AvgIpc) is 3.47. The number of aryl methyl sites for hydroxylation is 1. The molecule has 1 aromatic heterocycles. The number of aromatic nitrogens is 2. The zero-order chi connectivity index (χ0) is 30.2. The summed E-state index contributed by atoms with van der Waals surface area (Å²) in [5, 5.41) is 12.1. The summed E-state index contributed by atoms with van der Waals surface area (Å²) in [7, 11) is 0. The number of fused-ring (bicyclic) bond motifs is 1. The topological polar surface area (TPSA) is 100 Å². The Hall–Kier alpha value is -3.95. The van der Waals surface area contributed by atoms with Gasteiger partial charge in [0.05, 0.1) is 35.6 Å². The van der Waals surface area contributed by atoms with E-state index in [1.165, 1.54) is 0 Å². The van der Waals surface area contributed by atoms with E-state index >= 15 is 0 Å². The van der Waals surface area contributed by atoms with Gasteiger partial charge >= 0.3 is 5.97 Å². The highest BCUT2D eigenvalue weighted by atomic mass is 32.1. The van der Waals surface area contributed by atoms with Crippen LogP contribution < -0.4 is 14.2 Å². The molecule has 42 heavy (non-hydrogen) atoms. The van der Waals surface area contributed by atoms with E-state index in [2.05, 4.69) is 8.75 Å². The Morgan fingerprint density at radius 1 is 0.833 bits per heavy atom. The summed E-state index contributed by atoms with van der Waals surface area (Å²) in [6.45, 7) is 13.6. The van der Waals surface area contributed by atoms with E-state index in [1.807, 2.05) is 78.8 Å². The fourth-order valence-electron chi connectivity index (χ4n) is 4.96. The van der Waals surface area contributed by atoms with Crippen LogP contribution in [-0.2, 0) is 21.7 Å². The summed E-state index contributed by atoms with van der Waals surface area (Å²) in [5.74, 6) is -1.05. The van der Waals surface area contributed by atoms with E-state index in [9.17, 15) is 9.90 Å². The fourth-order valence-corrected chi connectivity index (χ4v) is 5.48. The van der Waals surface area contributed by atoms with E-state index in [-0.39, 0.29) is 30.3 Å². The van der Waals surface area contributed by atoms with Crippen LogP contribution in [0.1, 0.15) is 63.8 Å². The molecule has 0 saturated heterocycles. The Morgan fingerprint density at radius 3 is 2.02 bits per heavy atom. The molecule has 0 bridgehead atoms. The number of carbonyl (C=O) groups is 1. The lowest BCUT2D eigenvalue weighted by molar-refractivity contribution is -0.185. The van der Waals surface area contributed by atoms with Crippen LogP contribution in [-0.4, -0.2) is 38.1 Å². The van der Waals surface area contributed by atoms with Gasteiger partial charge in [-0.1, -0.05) is 35.9 Å². The average molecular weight is 589 g/mol. The van der Waals surface area contributed by atoms with Gasteiger partial charge < -0.3 is 24.1 Å². The maximum atomic E-state index is 13.6. The molecule has 0 radical (unpaired) electrons. The first-order valence-corrected chi connectivity index (χ1v) is 14.8. The Balaban J connectivity index is 1.71. The Bertz CT molecular complexity index is 1610. The molecule has 9 heteroatoms. The molecule has 1 N–H and O–H groups in total. The number of nitrogens with zero attached hydrogens (tertiary/aromatic N) is 2. The van der Waals surface area contributed by atoms with E-state index in [0.717, 1.165) is 28.4 Å². The number of hydrogen-bond donors (Lipinski definition) is 1. The molecule has 3 aromatic carbocycles. The summed E-state index contributed by atoms with van der Waals surface area (Å²) in [5.41, 5.74) is 4.91. The molecule has 4 aromatic rings. The molecule has 8 nitrogen and oxygen atoms in total. The zero-order valence-corrected chi connectivity index (χ0v) is 25.7. The second-order valence-corrected chi connectivity index (χ2v) is 11.8. The van der Waals surface area contributed by atoms with Crippen molar-refractivity contribution in [3.63, 3.8) is 0 Å². The molecule has 5 rings (SSSR count). The van der Waals surface area contributed by atoms with E-state index < -0.39 is 11.8 Å². The van der Waals surface area contributed by atoms with Crippen LogP contribution in [0, 0.1) is 6.92 Å². The molecule has 0 fully saturated rings. The van der Waals surface area contributed by atoms with Gasteiger partial charge in [0.15, 0.2) is 11.5 Å². The minimum absolute atomic E-state index is 0.114. The van der Waals surface area contributed by atoms with Crippen molar-refractivity contribution in [2.75, 3.05) is 0 Å². The highest BCUT2D eigenvalue weighted by Gasteiger charge is 2.48. The Kier molecular flexibility index (Phi) is 8.25. The van der Waals surface area contributed by atoms with Crippen LogP contribution in [0.2, 0.25) is 0 Å². The van der Waals surface area contributed by atoms with Crippen molar-refractivity contribution in [3.8, 4) is 17.2 Å². The summed E-state index contributed by atoms with van der Waals surface area (Å²) in [4.78, 5) is 13.6. The van der Waals surface area contributed by atoms with Gasteiger partial charge in [0.1, 0.15) is 11.0 Å². The molecule has 1 aliphatic rings. The van der Waals surface area contributed by atoms with Crippen molar-refractivity contribution in [2.45, 2.75) is 79.0 Å². The highest BCUT2D eigenvalue weighted by molar-refractivity contribution is 7.00. The van der Waals surface area contributed by atoms with Crippen LogP contribution in [0.25, 0.3) is 16.6 Å². The van der Waals surface area contributed by atoms with Crippen LogP contribution >= 0.6 is 11.7 Å². The first-order valence-electron chi connectivity index (χ1n) is 14.1. The predicted octanol–water partition coefficient (Wildman–Crippen LogP) is 6.76. The number of carbonyl (C=O) groups excluding carboxylic acids is 1. The van der Waals surface area contributed by atoms with Gasteiger partial charge in [0.25, 0.3) is 5.79 Å². The summed E-state index contributed by atoms with van der Waals surface area (Å²) < 4.78 is 33.0. The molecule has 0 saturated carbocycles. The van der Waals surface area contributed by atoms with Gasteiger partial charge in [-0.15, -0.1) is 0 Å². The molecule has 1 aliphatic heterocycles. The number of rotatable bonds is 10. The first kappa shape index (κ1) is 29.5. The molecule has 220 valence electrons. The number of esters is 1. The third-order valence-electron chi connectivity index (χ3n) is 6.68. The minimum atomic E-state index is -1.99. The summed E-state index contributed by atoms with van der Waals surface area (Å²) in [6.07, 6.45) is -0.202. The van der Waals surface area contributed by atoms with Crippen LogP contribution in [0.3, 0.4) is 0 Å². The van der Waals surface area contributed by atoms with Crippen LogP contribution in [0.5, 0.6) is 17.2 Å². The summed E-state index contributed by atoms with van der Waals surface area (Å²) in [6, 6.07) is 16.5. The van der Waals surface area contributed by atoms with Crippen LogP contribution in [0.15, 0.2) is 60.2 Å². The summed E-state index contributed by atoms with van der Waals surface area (Å²) >= 11 is 1.10. The zero-order valence-electron chi connectivity index (χ0n) is 24.9. The van der Waals surface area contributed by atoms with E-state index in [1.54, 1.807) is 24.3 Å². The van der Waals surface area contributed by atoms with Gasteiger partial charge in [-0.2, -0.15) is 8.75 Å². The van der Waals surface area contributed by atoms with E-state index in [0.29, 0.717) is 39.5 Å². The normalized spacial score (nSPS) is 17.1. The maximum Gasteiger partial charge on any atom is 0.342 e. The molecule has 0 spiro atoms. The van der Waals surface area contributed by atoms with Crippen molar-refractivity contribution in [3.05, 3.63) is 82.4 Å². The highest BCUT2D eigenvalue weighted by Crippen LogP contribution is 2.47. The second-order valence-electron chi connectivity index (χ2n) is 11.3. The van der Waals surface area contributed by atoms with Gasteiger partial charge in [-0.25, -0.2) is 4.79 Å². The Labute approximate surface area is 250 Å². The quantitative estimate of drug-likeness (QED) is 0.203. The number of aliphatic hydroxyl groups is 1. The molecule has 1 unspecified atom stereocenters. The van der Waals surface area contributed by atoms with Crippen molar-refractivity contribution < 1.29 is 28.8 Å². The van der Waals surface area contributed by atoms with Crippen LogP contribution in [0.4, 0.5) is 0 Å². The molecule has 0 aliphatic carbocycles. The SMILES string of the molecule is Cc1ccc(C2(O)OC(=O)C(c3ccc4nsnc4c3)=C2Cc2cc(OC(C)C)c(OC(C)C)c(OC(C)C)c2)cc1. The lowest BCUT2D eigenvalue weighted by atomic mass is 9.87. The van der Waals surface area contributed by atoms with Crippen molar-refractivity contribution >= 4 is 34.3 Å². The van der Waals surface area contributed by atoms with Gasteiger partial charge in [0, 0.05) is 17.6 Å². The standard InChI is InChI=1S/C33H36N2O6S/c1-18(2)38-28-15-22(16-29(39-19(3)4)31(28)40-20(5)6)14-25-30(23-10-13-26-27(17-23)35-42-34-26)32(36)41-33(25,37)24-11-8-21(7)9-12-24/h8-13,15-20,37H,14H2,1-7H3. The van der Waals surface area contributed by atoms with Gasteiger partial charge in [0.2, 0.25) is 5.75 Å². The number of ether oxygens (including phenoxy) is 4. The maximum absolute atomic E-state index is 13.6. The first-order chi connectivity index (χ1) is 19.9. The smallest absolute Gasteiger partial charge is 0.342 e. The lowest BCUT2D eigenvalue weighted by Gasteiger charge is -2.27.